The first-order valence-electron chi connectivity index (χ1n) is 49.5. The van der Waals surface area contributed by atoms with Crippen LogP contribution < -0.4 is 87.1 Å². The van der Waals surface area contributed by atoms with E-state index in [1.165, 1.54) is 22.7 Å². The lowest BCUT2D eigenvalue weighted by molar-refractivity contribution is 0.0230. The summed E-state index contributed by atoms with van der Waals surface area (Å²) in [5.41, 5.74) is 26.4. The van der Waals surface area contributed by atoms with Crippen LogP contribution in [0.25, 0.3) is 20.4 Å². The van der Waals surface area contributed by atoms with E-state index in [2.05, 4.69) is 81.1 Å². The second-order valence-electron chi connectivity index (χ2n) is 40.1. The molecule has 9 aliphatic rings. The van der Waals surface area contributed by atoms with Crippen molar-refractivity contribution in [3.05, 3.63) is 211 Å². The number of thiophene rings is 2. The highest BCUT2D eigenvalue weighted by molar-refractivity contribution is 7.21. The number of carbonyl (C=O) groups is 7. The van der Waals surface area contributed by atoms with Gasteiger partial charge in [-0.3, -0.25) is 9.59 Å². The molecule has 780 valence electrons. The molecule has 11 aromatic rings. The molecule has 0 saturated carbocycles. The zero-order valence-electron chi connectivity index (χ0n) is 84.7. The van der Waals surface area contributed by atoms with Gasteiger partial charge in [0.2, 0.25) is 0 Å². The number of nitrogens with one attached hydrogen (secondary N) is 5. The second kappa shape index (κ2) is 47.5. The number of hydrogen-bond acceptors (Lipinski definition) is 34. The van der Waals surface area contributed by atoms with Crippen molar-refractivity contribution in [3.8, 4) is 28.7 Å². The summed E-state index contributed by atoms with van der Waals surface area (Å²) < 4.78 is 56.1. The highest BCUT2D eigenvalue weighted by atomic mass is 35.5. The van der Waals surface area contributed by atoms with Crippen LogP contribution in [-0.4, -0.2) is 277 Å². The van der Waals surface area contributed by atoms with E-state index in [1.807, 2.05) is 204 Å². The monoisotopic (exact) mass is 2070 g/mol. The van der Waals surface area contributed by atoms with E-state index in [0.717, 1.165) is 168 Å². The quantitative estimate of drug-likeness (QED) is 0.0370. The Hall–Kier alpha value is -14.3. The number of nitrogens with two attached hydrogens (primary N) is 3. The zero-order chi connectivity index (χ0) is 104. The molecule has 0 aliphatic carbocycles. The van der Waals surface area contributed by atoms with Crippen molar-refractivity contribution in [2.24, 2.45) is 5.73 Å². The third kappa shape index (κ3) is 28.9. The Balaban J connectivity index is 0.000000133. The first-order chi connectivity index (χ1) is 70.4. The van der Waals surface area contributed by atoms with Crippen LogP contribution in [0.4, 0.5) is 58.6 Å². The first-order valence-corrected chi connectivity index (χ1v) is 51.5. The fourth-order valence-electron chi connectivity index (χ4n) is 17.5. The molecule has 9 aliphatic heterocycles. The number of nitrogen functional groups attached to an aromatic ring is 2. The Labute approximate surface area is 866 Å². The molecule has 7 amide bonds. The van der Waals surface area contributed by atoms with E-state index in [4.69, 9.17) is 76.2 Å². The van der Waals surface area contributed by atoms with Crippen LogP contribution in [0.1, 0.15) is 132 Å². The molecule has 11 N–H and O–H groups in total. The molecule has 0 spiro atoms. The minimum Gasteiger partial charge on any atom is -0.491 e. The number of carbonyl (C=O) groups excluding carboxylic acids is 7. The normalized spacial score (nSPS) is 18.3. The summed E-state index contributed by atoms with van der Waals surface area (Å²) in [5, 5.41) is 17.1. The van der Waals surface area contributed by atoms with Gasteiger partial charge in [-0.1, -0.05) is 72.3 Å². The predicted molar refractivity (Wildman–Crippen MR) is 562 cm³/mol. The van der Waals surface area contributed by atoms with Gasteiger partial charge in [0.1, 0.15) is 140 Å². The standard InChI is InChI=1S/C26H32N6O4S.C25H32N4O5.C21H24N6O2S.C17H26N4O3.C16H15ClN2O3/c1-15-5-6-18-21(27)22(37-24(18)29-15)23(33)30-17-11-16-13-28-20(12-19(16)35-14-17)31-7-9-32(10-8-31)25(34)36-26(2,3)4;1-25(2,3)34-24(31)29-11-9-28(10-12-29)22-14-21-19(15-26-22)13-20(17-32-21)27-23(30)33-16-18-7-5-4-6-8-18;1-12-2-3-15-18(22)19(30-21(15)25-12)20(28)26-14-8-13-10-24-17(9-16(13)29-11-14)27-6-4-23-5-7-27;1-17(2,3)24-16(22)21-6-4-20(5-7-21)15-9-14-12(10-19-15)8-13(18)11-23-14;17-15-7-14-12(8-18-15)6-13(10-21-14)19-16(20)22-9-11-4-2-1-3-5-11/h5-6,12-13,17H,7-11,14,27H2,1-4H3,(H,30,33);4-8,14-15,20H,9-13,16-17H2,1-3H3,(H,27,30);2-3,9-10,14,23H,4-8,11,22H2,1H3,(H,26,28);9-10,13H,4-8,11,18H2,1-3H3;1-5,7-8,13H,6,9-10H2,(H,19,20)/t17-;20-;14-;2*13-/m11111/s1. The number of aryl methyl sites for hydroxylation is 2. The Morgan fingerprint density at radius 1 is 0.401 bits per heavy atom. The van der Waals surface area contributed by atoms with Gasteiger partial charge >= 0.3 is 30.5 Å². The topological polar surface area (TPSA) is 463 Å². The van der Waals surface area contributed by atoms with Crippen molar-refractivity contribution in [2.45, 2.75) is 168 Å². The van der Waals surface area contributed by atoms with Gasteiger partial charge in [-0.25, -0.2) is 58.9 Å². The fraction of sp³-hybridized carbons (Fsp3) is 0.448. The van der Waals surface area contributed by atoms with Crippen molar-refractivity contribution in [1.82, 2.24) is 76.2 Å². The number of fused-ring (bicyclic) bond motifs is 7. The summed E-state index contributed by atoms with van der Waals surface area (Å²) in [4.78, 5) is 134. The molecule has 42 heteroatoms. The largest absolute Gasteiger partial charge is 0.491 e. The van der Waals surface area contributed by atoms with Crippen molar-refractivity contribution >= 4 is 132 Å². The van der Waals surface area contributed by atoms with E-state index in [0.29, 0.717) is 150 Å². The summed E-state index contributed by atoms with van der Waals surface area (Å²) in [6.45, 7) is 34.7. The van der Waals surface area contributed by atoms with Crippen molar-refractivity contribution in [1.29, 1.82) is 0 Å². The third-order valence-corrected chi connectivity index (χ3v) is 27.4. The minimum absolute atomic E-state index is 0.0440. The highest BCUT2D eigenvalue weighted by Gasteiger charge is 2.36. The second-order valence-corrected chi connectivity index (χ2v) is 42.5. The number of aromatic nitrogens is 7. The van der Waals surface area contributed by atoms with E-state index >= 15 is 0 Å². The number of ether oxygens (including phenoxy) is 10. The zero-order valence-corrected chi connectivity index (χ0v) is 87.1. The summed E-state index contributed by atoms with van der Waals surface area (Å²) in [6.07, 6.45) is 10.6. The van der Waals surface area contributed by atoms with Crippen LogP contribution in [0.3, 0.4) is 0 Å². The van der Waals surface area contributed by atoms with Crippen LogP contribution in [0, 0.1) is 13.8 Å². The molecular weight excluding hydrogens is 1940 g/mol. The van der Waals surface area contributed by atoms with Gasteiger partial charge in [0.05, 0.1) is 35.5 Å². The molecule has 18 heterocycles. The van der Waals surface area contributed by atoms with Gasteiger partial charge in [0.15, 0.2) is 0 Å². The van der Waals surface area contributed by atoms with E-state index < -0.39 is 29.0 Å². The van der Waals surface area contributed by atoms with Gasteiger partial charge < -0.3 is 125 Å². The molecule has 9 aromatic heterocycles. The van der Waals surface area contributed by atoms with Crippen molar-refractivity contribution < 1.29 is 80.9 Å². The molecule has 4 saturated heterocycles. The molecular formula is C105H129ClN22O17S2. The van der Waals surface area contributed by atoms with E-state index in [9.17, 15) is 33.6 Å². The lowest BCUT2D eigenvalue weighted by Crippen LogP contribution is -2.50. The summed E-state index contributed by atoms with van der Waals surface area (Å²) in [5.74, 6) is 7.03. The molecule has 4 fully saturated rings. The van der Waals surface area contributed by atoms with E-state index in [1.54, 1.807) is 33.2 Å². The number of pyridine rings is 7. The fourth-order valence-corrected chi connectivity index (χ4v) is 19.7. The van der Waals surface area contributed by atoms with Crippen LogP contribution in [0.15, 0.2) is 146 Å². The summed E-state index contributed by atoms with van der Waals surface area (Å²) in [6, 6.07) is 35.7. The average Bonchev–Trinajstić information content (AvgIpc) is 1.68. The van der Waals surface area contributed by atoms with Gasteiger partial charge in [-0.2, -0.15) is 0 Å². The molecule has 147 heavy (non-hydrogen) atoms. The third-order valence-electron chi connectivity index (χ3n) is 25.0. The lowest BCUT2D eigenvalue weighted by Gasteiger charge is -2.36. The SMILES string of the molecule is CC(C)(C)OC(=O)N1CCN(c2cc3c(cn2)C[C@@H](N)CO3)CC1.CC(C)(C)OC(=O)N1CCN(c2cc3c(cn2)C[C@@H](NC(=O)OCc2ccccc2)CO3)CC1.Cc1ccc2c(N)c(C(=O)N[C@H]3COc4cc(N5CCN(C(=O)OC(C)(C)C)CC5)ncc4C3)sc2n1.Cc1ccc2c(N)c(C(=O)N[C@H]3COc4cc(N5CCNCC5)ncc4C3)sc2n1.O=C(N[C@H]1COc2cc(Cl)ncc2C1)OCc1ccccc1. The van der Waals surface area contributed by atoms with Crippen molar-refractivity contribution in [2.75, 3.05) is 169 Å². The van der Waals surface area contributed by atoms with Gasteiger partial charge in [-0.15, -0.1) is 22.7 Å². The number of halogens is 1. The summed E-state index contributed by atoms with van der Waals surface area (Å²) >= 11 is 8.45. The number of piperazine rings is 4. The molecule has 0 unspecified atom stereocenters. The van der Waals surface area contributed by atoms with E-state index in [-0.39, 0.29) is 73.5 Å². The number of alkyl carbamates (subject to hydrolysis) is 2. The molecule has 2 aromatic carbocycles. The number of nitrogens with zero attached hydrogens (tertiary/aromatic N) is 14. The smallest absolute Gasteiger partial charge is 0.410 e. The number of hydrogen-bond donors (Lipinski definition) is 8. The average molecular weight is 2070 g/mol. The predicted octanol–water partition coefficient (Wildman–Crippen LogP) is 12.8. The van der Waals surface area contributed by atoms with Crippen LogP contribution >= 0.6 is 34.3 Å². The number of benzene rings is 2. The Bertz CT molecular complexity index is 6480. The molecule has 0 bridgehead atoms. The van der Waals surface area contributed by atoms with Crippen LogP contribution in [0.2, 0.25) is 5.15 Å². The lowest BCUT2D eigenvalue weighted by atomic mass is 10.0. The maximum atomic E-state index is 13.0. The van der Waals surface area contributed by atoms with Gasteiger partial charge in [-0.05, 0) is 118 Å². The molecule has 5 atom stereocenters. The van der Waals surface area contributed by atoms with Gasteiger partial charge in [0.25, 0.3) is 11.8 Å². The first kappa shape index (κ1) is 106. The van der Waals surface area contributed by atoms with Crippen LogP contribution in [-0.2, 0) is 69.0 Å². The maximum Gasteiger partial charge on any atom is 0.410 e. The molecule has 39 nitrogen and oxygen atoms in total. The van der Waals surface area contributed by atoms with Crippen LogP contribution in [0.5, 0.6) is 28.7 Å². The minimum atomic E-state index is -0.510. The Morgan fingerprint density at radius 2 is 0.707 bits per heavy atom. The Morgan fingerprint density at radius 3 is 1.05 bits per heavy atom. The van der Waals surface area contributed by atoms with Crippen molar-refractivity contribution in [3.63, 3.8) is 0 Å². The Kier molecular flexibility index (Phi) is 34.1. The number of rotatable bonds is 14. The molecule has 20 rings (SSSR count). The number of anilines is 6. The number of amides is 7. The highest BCUT2D eigenvalue weighted by Crippen LogP contribution is 2.39. The maximum absolute atomic E-state index is 13.0. The molecule has 0 radical (unpaired) electrons. The van der Waals surface area contributed by atoms with Gasteiger partial charge in [0, 0.05) is 248 Å². The summed E-state index contributed by atoms with van der Waals surface area (Å²) in [7, 11) is 0.